The molecule has 1 aromatic carbocycles. The summed E-state index contributed by atoms with van der Waals surface area (Å²) in [6.07, 6.45) is 22.5. The number of H-pyrrole nitrogens is 3. The van der Waals surface area contributed by atoms with Crippen LogP contribution in [0.5, 0.6) is 0 Å². The van der Waals surface area contributed by atoms with Gasteiger partial charge in [-0.25, -0.2) is 0 Å². The highest BCUT2D eigenvalue weighted by atomic mass is 16.2. The molecule has 1 amide bonds. The van der Waals surface area contributed by atoms with Gasteiger partial charge in [0.05, 0.1) is 11.9 Å². The molecule has 105 heavy (non-hydrogen) atoms. The van der Waals surface area contributed by atoms with E-state index >= 15 is 0 Å². The summed E-state index contributed by atoms with van der Waals surface area (Å²) in [6, 6.07) is 35.2. The van der Waals surface area contributed by atoms with E-state index in [2.05, 4.69) is 229 Å². The number of benzene rings is 1. The Morgan fingerprint density at radius 2 is 0.838 bits per heavy atom. The molecule has 0 bridgehead atoms. The molecule has 0 saturated carbocycles. The van der Waals surface area contributed by atoms with Crippen LogP contribution < -0.4 is 5.32 Å². The molecule has 596 valence electrons. The van der Waals surface area contributed by atoms with E-state index in [1.165, 1.54) is 76.3 Å². The fraction of sp³-hybridized carbons (Fsp3) is 0.571. The highest BCUT2D eigenvalue weighted by molar-refractivity contribution is 5.76. The van der Waals surface area contributed by atoms with E-state index in [4.69, 9.17) is 4.98 Å². The van der Waals surface area contributed by atoms with Crippen molar-refractivity contribution in [1.82, 2.24) is 65.6 Å². The second-order valence-corrected chi connectivity index (χ2v) is 24.5. The molecule has 1 aliphatic heterocycles. The molecule has 4 N–H and O–H groups in total. The third-order valence-electron chi connectivity index (χ3n) is 14.2. The second-order valence-electron chi connectivity index (χ2n) is 24.5. The van der Waals surface area contributed by atoms with Crippen LogP contribution in [0.2, 0.25) is 0 Å². The molecule has 11 rings (SSSR count). The number of nitrogens with one attached hydrogen (secondary N) is 4. The molecule has 0 radical (unpaired) electrons. The number of amides is 1. The monoisotopic (exact) mass is 1450 g/mol. The number of rotatable bonds is 9. The van der Waals surface area contributed by atoms with Crippen LogP contribution in [0.3, 0.4) is 0 Å². The molecule has 8 aromatic heterocycles. The van der Waals surface area contributed by atoms with Gasteiger partial charge in [0.25, 0.3) is 0 Å². The van der Waals surface area contributed by atoms with Gasteiger partial charge in [-0.2, -0.15) is 20.4 Å². The number of aromatic nitrogens is 12. The molecule has 0 unspecified atom stereocenters. The van der Waals surface area contributed by atoms with E-state index in [-0.39, 0.29) is 5.91 Å². The summed E-state index contributed by atoms with van der Waals surface area (Å²) < 4.78 is 1.82. The largest absolute Gasteiger partial charge is 0.354 e. The normalized spacial score (nSPS) is 10.5. The maximum absolute atomic E-state index is 11.3. The summed E-state index contributed by atoms with van der Waals surface area (Å²) >= 11 is 0. The third-order valence-corrected chi connectivity index (χ3v) is 14.2. The first-order valence-corrected chi connectivity index (χ1v) is 40.6. The average molecular weight is 1450 g/mol. The van der Waals surface area contributed by atoms with Gasteiger partial charge in [-0.3, -0.25) is 44.7 Å². The topological polar surface area (TPSA) is 185 Å². The zero-order valence-electron chi connectivity index (χ0n) is 74.1. The summed E-state index contributed by atoms with van der Waals surface area (Å²) in [5, 5.41) is 27.2. The number of fused-ring (bicyclic) bond motifs is 2. The van der Waals surface area contributed by atoms with Gasteiger partial charge in [0.2, 0.25) is 5.91 Å². The lowest BCUT2D eigenvalue weighted by molar-refractivity contribution is -0.121. The number of hydrogen-bond acceptors (Lipinski definition) is 9. The van der Waals surface area contributed by atoms with Crippen LogP contribution >= 0.6 is 0 Å². The van der Waals surface area contributed by atoms with Crippen molar-refractivity contribution >= 4 is 5.91 Å². The van der Waals surface area contributed by atoms with Crippen LogP contribution in [0.4, 0.5) is 0 Å². The fourth-order valence-corrected chi connectivity index (χ4v) is 8.31. The maximum Gasteiger partial charge on any atom is 0.241 e. The molecular weight excluding hydrogens is 1290 g/mol. The predicted molar refractivity (Wildman–Crippen MR) is 464 cm³/mol. The highest BCUT2D eigenvalue weighted by Crippen LogP contribution is 2.23. The lowest BCUT2D eigenvalue weighted by Crippen LogP contribution is -2.26. The number of pyridine rings is 4. The number of aromatic amines is 3. The maximum atomic E-state index is 11.3. The number of nitrogens with zero attached hydrogens (tertiary/aromatic N) is 9. The van der Waals surface area contributed by atoms with Crippen molar-refractivity contribution in [3.8, 4) is 0 Å². The molecule has 14 heteroatoms. The van der Waals surface area contributed by atoms with Crippen molar-refractivity contribution in [1.29, 1.82) is 0 Å². The van der Waals surface area contributed by atoms with Crippen LogP contribution in [0, 0.1) is 0 Å². The predicted octanol–water partition coefficient (Wildman–Crippen LogP) is 27.0. The summed E-state index contributed by atoms with van der Waals surface area (Å²) in [5.74, 6) is 5.19. The molecule has 9 aromatic rings. The molecule has 14 nitrogen and oxygen atoms in total. The quantitative estimate of drug-likeness (QED) is 0.109. The van der Waals surface area contributed by atoms with Crippen LogP contribution in [0.25, 0.3) is 0 Å². The fourth-order valence-electron chi connectivity index (χ4n) is 8.31. The molecular formula is C91H161N13O. The lowest BCUT2D eigenvalue weighted by atomic mass is 9.95. The molecule has 0 saturated heterocycles. The number of hydrogen-bond donors (Lipinski definition) is 4. The van der Waals surface area contributed by atoms with E-state index < -0.39 is 0 Å². The summed E-state index contributed by atoms with van der Waals surface area (Å²) in [5.41, 5.74) is 15.2. The summed E-state index contributed by atoms with van der Waals surface area (Å²) in [6.45, 7) is 75.9. The standard InChI is InChI=1S/C12H17N.C10H15N3O.C9H12.3C8H11N.3C6H10N2.9C2H6/c1-9(2)11-8-7-10-5-3-4-6-12(10)13-11;1-7(2)9-5-8-3-4-11-10(14)6-13(8)12-9;1-8(2)9-6-4-3-5-7-9;1-7(2)8-3-5-9-6-4-8;1-7(2)8-4-3-5-9-6-8;1-7(2)8-5-3-4-6-9-8;1-5(2)6-3-7-8-4-6;2*1-5(2)6-3-4-7-8-6;9*1-2/h7-9H,3-6H2,1-2H3;5,7H,3-4,6H2,1-2H3,(H,11,14);3-8H,1-2H3;3*3-7H,1-2H3;3*3-5H,1-2H3,(H,7,8);9*1-2H3. The minimum absolute atomic E-state index is 0.0576. The minimum Gasteiger partial charge on any atom is -0.354 e. The first kappa shape index (κ1) is 110. The van der Waals surface area contributed by atoms with Gasteiger partial charge < -0.3 is 5.32 Å². The van der Waals surface area contributed by atoms with Gasteiger partial charge >= 0.3 is 0 Å². The molecule has 0 fully saturated rings. The molecule has 0 spiro atoms. The minimum atomic E-state index is 0.0576. The number of carbonyl (C=O) groups is 1. The van der Waals surface area contributed by atoms with Gasteiger partial charge in [0.15, 0.2) is 0 Å². The van der Waals surface area contributed by atoms with Crippen LogP contribution in [0.1, 0.15) is 383 Å². The smallest absolute Gasteiger partial charge is 0.241 e. The zero-order valence-corrected chi connectivity index (χ0v) is 74.1. The number of carbonyl (C=O) groups excluding carboxylic acids is 1. The van der Waals surface area contributed by atoms with E-state index in [9.17, 15) is 4.79 Å². The van der Waals surface area contributed by atoms with Gasteiger partial charge in [0.1, 0.15) is 6.54 Å². The van der Waals surface area contributed by atoms with Crippen LogP contribution in [-0.4, -0.2) is 72.8 Å². The Hall–Kier alpha value is -7.87. The Labute approximate surface area is 647 Å². The first-order valence-electron chi connectivity index (χ1n) is 40.6. The van der Waals surface area contributed by atoms with Gasteiger partial charge in [-0.1, -0.05) is 298 Å². The molecule has 2 aliphatic rings. The Kier molecular flexibility index (Phi) is 81.3. The average Bonchev–Trinajstić information content (AvgIpc) is 1.80. The number of aryl methyl sites for hydroxylation is 2. The van der Waals surface area contributed by atoms with Crippen LogP contribution in [0.15, 0.2) is 159 Å². The van der Waals surface area contributed by atoms with E-state index in [1.54, 1.807) is 18.6 Å². The molecule has 1 aliphatic carbocycles. The van der Waals surface area contributed by atoms with Gasteiger partial charge in [-0.15, -0.1) is 0 Å². The van der Waals surface area contributed by atoms with Crippen LogP contribution in [-0.2, 0) is 30.6 Å². The van der Waals surface area contributed by atoms with Crippen molar-refractivity contribution in [3.63, 3.8) is 0 Å². The third kappa shape index (κ3) is 56.2. The summed E-state index contributed by atoms with van der Waals surface area (Å²) in [7, 11) is 0. The Morgan fingerprint density at radius 1 is 0.371 bits per heavy atom. The summed E-state index contributed by atoms with van der Waals surface area (Å²) in [4.78, 5) is 28.1. The van der Waals surface area contributed by atoms with Crippen molar-refractivity contribution in [2.75, 3.05) is 6.54 Å². The SMILES string of the molecule is CC.CC.CC.CC.CC.CC.CC.CC.CC.CC(C)c1cc2n(n1)CC(=O)NCC2.CC(C)c1ccc2c(n1)CCCC2.CC(C)c1ccccc1.CC(C)c1ccccn1.CC(C)c1cccnc1.CC(C)c1ccn[nH]1.CC(C)c1ccn[nH]1.CC(C)c1ccncc1.CC(C)c1cn[nH]c1. The van der Waals surface area contributed by atoms with E-state index in [0.29, 0.717) is 59.8 Å². The van der Waals surface area contributed by atoms with Crippen molar-refractivity contribution in [2.45, 2.75) is 341 Å². The molecule has 0 atom stereocenters. The van der Waals surface area contributed by atoms with Crippen molar-refractivity contribution in [2.24, 2.45) is 0 Å². The lowest BCUT2D eigenvalue weighted by Gasteiger charge is -2.16. The first-order chi connectivity index (χ1) is 50.6. The second kappa shape index (κ2) is 77.2. The van der Waals surface area contributed by atoms with Gasteiger partial charge in [0, 0.05) is 96.7 Å². The zero-order chi connectivity index (χ0) is 82.1. The van der Waals surface area contributed by atoms with E-state index in [1.807, 2.05) is 221 Å². The van der Waals surface area contributed by atoms with Crippen molar-refractivity contribution in [3.05, 3.63) is 227 Å². The molecule has 9 heterocycles. The Balaban J connectivity index is -0.000000201. The Morgan fingerprint density at radius 3 is 1.18 bits per heavy atom. The van der Waals surface area contributed by atoms with E-state index in [0.717, 1.165) is 30.0 Å². The highest BCUT2D eigenvalue weighted by Gasteiger charge is 2.16. The Bertz CT molecular complexity index is 2820. The van der Waals surface area contributed by atoms with Crippen molar-refractivity contribution < 1.29 is 4.79 Å². The van der Waals surface area contributed by atoms with Gasteiger partial charge in [-0.05, 0) is 161 Å².